The average Bonchev–Trinajstić information content (AvgIpc) is 3.18. The van der Waals surface area contributed by atoms with Crippen LogP contribution in [-0.4, -0.2) is 82.8 Å². The Morgan fingerprint density at radius 1 is 0.547 bits per heavy atom. The molecule has 0 aliphatic carbocycles. The number of esters is 2. The molecule has 0 bridgehead atoms. The van der Waals surface area contributed by atoms with Gasteiger partial charge in [0.1, 0.15) is 12.7 Å². The quantitative estimate of drug-likeness (QED) is 0.0284. The lowest BCUT2D eigenvalue weighted by atomic mass is 9.91. The molecule has 0 aromatic heterocycles. The van der Waals surface area contributed by atoms with Gasteiger partial charge in [0.15, 0.2) is 11.9 Å². The van der Waals surface area contributed by atoms with Crippen molar-refractivity contribution in [2.24, 2.45) is 53.1 Å². The highest BCUT2D eigenvalue weighted by Crippen LogP contribution is 2.54. The zero-order valence-electron chi connectivity index (χ0n) is 42.0. The third-order valence-electron chi connectivity index (χ3n) is 12.2. The molecule has 9 unspecified atom stereocenters. The molecule has 0 saturated carbocycles. The molecule has 0 heterocycles. The van der Waals surface area contributed by atoms with E-state index in [9.17, 15) is 38.5 Å². The van der Waals surface area contributed by atoms with Gasteiger partial charge in [0, 0.05) is 19.4 Å². The van der Waals surface area contributed by atoms with Crippen LogP contribution in [-0.2, 0) is 42.0 Å². The number of phosphoric ester groups is 1. The predicted octanol–water partition coefficient (Wildman–Crippen LogP) is 11.3. The van der Waals surface area contributed by atoms with E-state index in [0.29, 0.717) is 11.8 Å². The molecular weight excluding hydrogens is 860 g/mol. The van der Waals surface area contributed by atoms with Crippen molar-refractivity contribution in [2.75, 3.05) is 33.0 Å². The summed E-state index contributed by atoms with van der Waals surface area (Å²) in [5.41, 5.74) is 5.30. The first-order chi connectivity index (χ1) is 30.0. The minimum atomic E-state index is -5.34. The first-order valence-electron chi connectivity index (χ1n) is 25.0. The maximum absolute atomic E-state index is 13.2. The van der Waals surface area contributed by atoms with Crippen molar-refractivity contribution in [3.05, 3.63) is 0 Å². The number of carbonyl (C=O) groups is 2. The summed E-state index contributed by atoms with van der Waals surface area (Å²) >= 11 is 0. The van der Waals surface area contributed by atoms with Crippen molar-refractivity contribution in [1.29, 1.82) is 0 Å². The summed E-state index contributed by atoms with van der Waals surface area (Å²) in [6.07, 6.45) is 18.0. The first-order valence-corrected chi connectivity index (χ1v) is 28.1. The van der Waals surface area contributed by atoms with E-state index in [4.69, 9.17) is 24.5 Å². The summed E-state index contributed by atoms with van der Waals surface area (Å²) in [7, 11) is -10.4. The second-order valence-corrected chi connectivity index (χ2v) is 23.5. The fraction of sp³-hybridized carbons (Fsp3) is 0.958. The van der Waals surface area contributed by atoms with Gasteiger partial charge in [0.25, 0.3) is 0 Å². The second-order valence-electron chi connectivity index (χ2n) is 20.4. The van der Waals surface area contributed by atoms with Crippen LogP contribution >= 0.6 is 15.4 Å². The monoisotopic (exact) mass is 958 g/mol. The number of nitrogens with two attached hydrogens (primary N) is 1. The molecule has 0 amide bonds. The van der Waals surface area contributed by atoms with E-state index in [2.05, 4.69) is 59.9 Å². The Kier molecular flexibility index (Phi) is 35.6. The summed E-state index contributed by atoms with van der Waals surface area (Å²) in [5, 5.41) is 10.0. The van der Waals surface area contributed by atoms with Gasteiger partial charge in [-0.05, 0) is 47.3 Å². The Balaban J connectivity index is 5.31. The Hall–Kier alpha value is -0.920. The highest BCUT2D eigenvalue weighted by Gasteiger charge is 2.44. The number of hydrogen-bond acceptors (Lipinski definition) is 11. The number of rotatable bonds is 42. The van der Waals surface area contributed by atoms with Crippen LogP contribution in [0.3, 0.4) is 0 Å². The van der Waals surface area contributed by atoms with Crippen LogP contribution in [0.2, 0.25) is 0 Å². The largest absolute Gasteiger partial charge is 0.473 e. The molecule has 6 N–H and O–H groups in total. The third-order valence-corrected chi connectivity index (χ3v) is 14.5. The van der Waals surface area contributed by atoms with Crippen LogP contribution in [0.1, 0.15) is 198 Å². The molecule has 0 rings (SSSR count). The van der Waals surface area contributed by atoms with Gasteiger partial charge in [0.2, 0.25) is 0 Å². The van der Waals surface area contributed by atoms with Gasteiger partial charge in [0.05, 0.1) is 19.8 Å². The van der Waals surface area contributed by atoms with Crippen LogP contribution in [0.4, 0.5) is 0 Å². The van der Waals surface area contributed by atoms with Crippen molar-refractivity contribution < 1.29 is 61.8 Å². The number of hydrogen-bond donors (Lipinski definition) is 5. The molecule has 382 valence electrons. The minimum Gasteiger partial charge on any atom is -0.462 e. The Bertz CT molecular complexity index is 1280. The molecule has 0 radical (unpaired) electrons. The van der Waals surface area contributed by atoms with Crippen LogP contribution in [0.5, 0.6) is 0 Å². The van der Waals surface area contributed by atoms with E-state index in [0.717, 1.165) is 62.2 Å². The van der Waals surface area contributed by atoms with Crippen LogP contribution in [0, 0.1) is 47.3 Å². The first kappa shape index (κ1) is 63.1. The van der Waals surface area contributed by atoms with Crippen molar-refractivity contribution in [3.8, 4) is 0 Å². The third kappa shape index (κ3) is 35.3. The van der Waals surface area contributed by atoms with E-state index in [1.807, 2.05) is 13.8 Å². The molecule has 0 aliphatic heterocycles. The lowest BCUT2D eigenvalue weighted by Gasteiger charge is -2.29. The van der Waals surface area contributed by atoms with Gasteiger partial charge in [-0.2, -0.15) is 0 Å². The fourth-order valence-corrected chi connectivity index (χ4v) is 10.4. The molecule has 16 heteroatoms. The molecule has 0 aromatic rings. The highest BCUT2D eigenvalue weighted by atomic mass is 31.2. The number of carbonyl (C=O) groups excluding carboxylic acids is 2. The summed E-state index contributed by atoms with van der Waals surface area (Å²) in [6.45, 7) is 19.7. The smallest absolute Gasteiger partial charge is 0.462 e. The predicted molar refractivity (Wildman–Crippen MR) is 256 cm³/mol. The molecule has 0 spiro atoms. The molecule has 64 heavy (non-hydrogen) atoms. The second kappa shape index (κ2) is 36.1. The van der Waals surface area contributed by atoms with Crippen molar-refractivity contribution in [1.82, 2.24) is 0 Å². The summed E-state index contributed by atoms with van der Waals surface area (Å²) in [6, 6.07) is 0. The van der Waals surface area contributed by atoms with E-state index in [1.165, 1.54) is 77.0 Å². The maximum atomic E-state index is 13.2. The van der Waals surface area contributed by atoms with E-state index in [-0.39, 0.29) is 31.2 Å². The summed E-state index contributed by atoms with van der Waals surface area (Å²) < 4.78 is 50.9. The topological polar surface area (TPSA) is 221 Å². The fourth-order valence-electron chi connectivity index (χ4n) is 8.09. The van der Waals surface area contributed by atoms with E-state index < -0.39 is 71.8 Å². The number of ether oxygens (including phenoxy) is 3. The van der Waals surface area contributed by atoms with Gasteiger partial charge in [-0.25, -0.2) is 4.57 Å². The zero-order valence-corrected chi connectivity index (χ0v) is 43.8. The van der Waals surface area contributed by atoms with Crippen LogP contribution < -0.4 is 5.73 Å². The maximum Gasteiger partial charge on any atom is 0.473 e. The van der Waals surface area contributed by atoms with E-state index in [1.54, 1.807) is 0 Å². The minimum absolute atomic E-state index is 0.00124. The summed E-state index contributed by atoms with van der Waals surface area (Å²) in [4.78, 5) is 56.2. The average molecular weight is 958 g/mol. The van der Waals surface area contributed by atoms with E-state index >= 15 is 0 Å². The normalized spacial score (nSPS) is 17.6. The standard InChI is InChI=1S/C48H97NO13P2/c1-36(2)17-11-19-38(5)21-13-23-40(7)25-15-27-42(9)31-46(51)59-35-44(34-58-45(33-50)48(63(53,54)55)62-64(56,57)60-30-29-49)61-47(52)32-43(10)28-16-26-41(8)24-14-22-39(6)20-12-18-37(3)4/h36-45,48,50H,11-35,49H2,1-10H3,(H,56,57)(H2,53,54,55)/t38?,39?,40?,41?,42?,43?,44-,45?,48?/m0/s1. The van der Waals surface area contributed by atoms with Gasteiger partial charge < -0.3 is 39.7 Å². The summed E-state index contributed by atoms with van der Waals surface area (Å²) in [5.74, 6) is 0.783. The lowest BCUT2D eigenvalue weighted by molar-refractivity contribution is -0.167. The van der Waals surface area contributed by atoms with Crippen molar-refractivity contribution in [2.45, 2.75) is 216 Å². The van der Waals surface area contributed by atoms with Crippen molar-refractivity contribution >= 4 is 27.4 Å². The molecule has 0 fully saturated rings. The van der Waals surface area contributed by atoms with Gasteiger partial charge in [-0.1, -0.05) is 185 Å². The number of phosphoric acid groups is 1. The Morgan fingerprint density at radius 3 is 1.28 bits per heavy atom. The molecule has 10 atom stereocenters. The molecular formula is C48H97NO13P2. The SMILES string of the molecule is CC(C)CCCC(C)CCCC(C)CCCC(C)CC(=O)OC[C@H](COC(CO)C(OP(=O)(O)OCCN)P(=O)(O)O)OC(=O)CC(C)CCCC(C)CCCC(C)CCCC(C)C. The highest BCUT2D eigenvalue weighted by molar-refractivity contribution is 7.54. The number of aliphatic hydroxyl groups is 1. The molecule has 0 saturated heterocycles. The van der Waals surface area contributed by atoms with Crippen LogP contribution in [0.15, 0.2) is 0 Å². The lowest BCUT2D eigenvalue weighted by Crippen LogP contribution is -2.39. The van der Waals surface area contributed by atoms with Gasteiger partial charge in [-0.3, -0.25) is 23.2 Å². The van der Waals surface area contributed by atoms with Crippen molar-refractivity contribution in [3.63, 3.8) is 0 Å². The Morgan fingerprint density at radius 2 is 0.922 bits per heavy atom. The van der Waals surface area contributed by atoms with Crippen LogP contribution in [0.25, 0.3) is 0 Å². The Labute approximate surface area is 389 Å². The van der Waals surface area contributed by atoms with Gasteiger partial charge in [-0.15, -0.1) is 0 Å². The van der Waals surface area contributed by atoms with Gasteiger partial charge >= 0.3 is 27.4 Å². The molecule has 0 aromatic carbocycles. The molecule has 0 aliphatic rings. The zero-order chi connectivity index (χ0) is 48.7. The number of aliphatic hydroxyl groups excluding tert-OH is 1. The molecule has 14 nitrogen and oxygen atoms in total.